The van der Waals surface area contributed by atoms with Crippen LogP contribution >= 0.6 is 0 Å². The highest BCUT2D eigenvalue weighted by molar-refractivity contribution is 5.89. The molecule has 0 aromatic heterocycles. The van der Waals surface area contributed by atoms with E-state index in [1.807, 2.05) is 25.1 Å². The molecule has 0 saturated heterocycles. The minimum absolute atomic E-state index is 0.0724. The van der Waals surface area contributed by atoms with E-state index in [1.165, 1.54) is 0 Å². The molecule has 0 heterocycles. The number of hydrogen-bond acceptors (Lipinski definition) is 3. The molecule has 2 unspecified atom stereocenters. The Labute approximate surface area is 103 Å². The molecule has 0 aliphatic heterocycles. The minimum atomic E-state index is -0.248. The molecule has 94 valence electrons. The highest BCUT2D eigenvalue weighted by Crippen LogP contribution is 2.07. The van der Waals surface area contributed by atoms with Crippen molar-refractivity contribution in [2.24, 2.45) is 0 Å². The second-order valence-electron chi connectivity index (χ2n) is 4.28. The van der Waals surface area contributed by atoms with E-state index in [0.29, 0.717) is 11.6 Å². The van der Waals surface area contributed by atoms with Crippen molar-refractivity contribution in [3.05, 3.63) is 35.9 Å². The van der Waals surface area contributed by atoms with E-state index in [4.69, 9.17) is 4.74 Å². The molecule has 0 spiro atoms. The quantitative estimate of drug-likeness (QED) is 0.770. The van der Waals surface area contributed by atoms with Gasteiger partial charge in [0.2, 0.25) is 0 Å². The third kappa shape index (κ3) is 5.00. The molecule has 0 fully saturated rings. The summed E-state index contributed by atoms with van der Waals surface area (Å²) in [5.41, 5.74) is 0.607. The van der Waals surface area contributed by atoms with E-state index in [9.17, 15) is 4.79 Å². The number of carbonyl (C=O) groups is 1. The van der Waals surface area contributed by atoms with Crippen LogP contribution in [0.3, 0.4) is 0 Å². The van der Waals surface area contributed by atoms with Gasteiger partial charge in [0.15, 0.2) is 0 Å². The van der Waals surface area contributed by atoms with Gasteiger partial charge in [-0.1, -0.05) is 25.1 Å². The van der Waals surface area contributed by atoms with Crippen LogP contribution in [-0.2, 0) is 4.74 Å². The monoisotopic (exact) mass is 235 g/mol. The van der Waals surface area contributed by atoms with Gasteiger partial charge in [-0.2, -0.15) is 0 Å². The average molecular weight is 235 g/mol. The van der Waals surface area contributed by atoms with E-state index in [1.54, 1.807) is 12.1 Å². The zero-order valence-corrected chi connectivity index (χ0v) is 10.8. The van der Waals surface area contributed by atoms with Crippen molar-refractivity contribution in [2.75, 3.05) is 6.54 Å². The third-order valence-electron chi connectivity index (χ3n) is 2.56. The zero-order chi connectivity index (χ0) is 12.7. The average Bonchev–Trinajstić information content (AvgIpc) is 2.30. The van der Waals surface area contributed by atoms with Crippen molar-refractivity contribution in [3.63, 3.8) is 0 Å². The van der Waals surface area contributed by atoms with Crippen molar-refractivity contribution >= 4 is 5.97 Å². The molecule has 0 radical (unpaired) electrons. The molecule has 17 heavy (non-hydrogen) atoms. The summed E-state index contributed by atoms with van der Waals surface area (Å²) in [6.45, 7) is 7.02. The Morgan fingerprint density at radius 1 is 1.29 bits per heavy atom. The third-order valence-corrected chi connectivity index (χ3v) is 2.56. The topological polar surface area (TPSA) is 38.3 Å². The Balaban J connectivity index is 2.41. The first-order chi connectivity index (χ1) is 8.13. The number of carbonyl (C=O) groups excluding carboxylic acids is 1. The van der Waals surface area contributed by atoms with Crippen LogP contribution in [0.25, 0.3) is 0 Å². The summed E-state index contributed by atoms with van der Waals surface area (Å²) < 4.78 is 5.37. The highest BCUT2D eigenvalue weighted by Gasteiger charge is 2.13. The number of benzene rings is 1. The fraction of sp³-hybridized carbons (Fsp3) is 0.500. The van der Waals surface area contributed by atoms with Crippen molar-refractivity contribution in [1.82, 2.24) is 5.32 Å². The zero-order valence-electron chi connectivity index (χ0n) is 10.8. The molecule has 0 amide bonds. The highest BCUT2D eigenvalue weighted by atomic mass is 16.5. The Morgan fingerprint density at radius 3 is 2.53 bits per heavy atom. The number of rotatable bonds is 6. The summed E-state index contributed by atoms with van der Waals surface area (Å²) in [5.74, 6) is -0.248. The van der Waals surface area contributed by atoms with Gasteiger partial charge in [0.25, 0.3) is 0 Å². The Bertz CT molecular complexity index is 337. The van der Waals surface area contributed by atoms with E-state index in [0.717, 1.165) is 13.0 Å². The van der Waals surface area contributed by atoms with Gasteiger partial charge >= 0.3 is 5.97 Å². The van der Waals surface area contributed by atoms with Crippen LogP contribution in [0.4, 0.5) is 0 Å². The van der Waals surface area contributed by atoms with E-state index >= 15 is 0 Å². The lowest BCUT2D eigenvalue weighted by Gasteiger charge is -2.18. The van der Waals surface area contributed by atoms with E-state index in [2.05, 4.69) is 19.2 Å². The maximum absolute atomic E-state index is 11.8. The molecule has 2 atom stereocenters. The van der Waals surface area contributed by atoms with Gasteiger partial charge in [0.1, 0.15) is 6.10 Å². The van der Waals surface area contributed by atoms with Gasteiger partial charge in [-0.05, 0) is 38.9 Å². The predicted molar refractivity (Wildman–Crippen MR) is 69.1 cm³/mol. The molecule has 1 rings (SSSR count). The summed E-state index contributed by atoms with van der Waals surface area (Å²) in [5, 5.41) is 3.30. The van der Waals surface area contributed by atoms with Crippen LogP contribution < -0.4 is 5.32 Å². The van der Waals surface area contributed by atoms with Crippen molar-refractivity contribution in [1.29, 1.82) is 0 Å². The van der Waals surface area contributed by atoms with Gasteiger partial charge < -0.3 is 10.1 Å². The second kappa shape index (κ2) is 7.07. The molecule has 1 aromatic carbocycles. The smallest absolute Gasteiger partial charge is 0.338 e. The van der Waals surface area contributed by atoms with Crippen molar-refractivity contribution in [2.45, 2.75) is 39.3 Å². The van der Waals surface area contributed by atoms with Gasteiger partial charge in [0.05, 0.1) is 5.56 Å². The number of nitrogens with one attached hydrogen (secondary N) is 1. The fourth-order valence-electron chi connectivity index (χ4n) is 1.80. The van der Waals surface area contributed by atoms with Gasteiger partial charge in [0, 0.05) is 6.04 Å². The molecular formula is C14H21NO2. The van der Waals surface area contributed by atoms with Crippen LogP contribution in [-0.4, -0.2) is 24.7 Å². The van der Waals surface area contributed by atoms with E-state index < -0.39 is 0 Å². The first-order valence-corrected chi connectivity index (χ1v) is 6.13. The summed E-state index contributed by atoms with van der Waals surface area (Å²) >= 11 is 0. The van der Waals surface area contributed by atoms with Crippen LogP contribution in [0.5, 0.6) is 0 Å². The number of ether oxygens (including phenoxy) is 1. The molecule has 0 saturated carbocycles. The standard InChI is InChI=1S/C14H21NO2/c1-4-15-11(2)10-12(3)17-14(16)13-8-6-5-7-9-13/h5-9,11-12,15H,4,10H2,1-3H3. The summed E-state index contributed by atoms with van der Waals surface area (Å²) in [4.78, 5) is 11.8. The van der Waals surface area contributed by atoms with Crippen LogP contribution in [0.2, 0.25) is 0 Å². The minimum Gasteiger partial charge on any atom is -0.459 e. The summed E-state index contributed by atoms with van der Waals surface area (Å²) in [7, 11) is 0. The first-order valence-electron chi connectivity index (χ1n) is 6.13. The van der Waals surface area contributed by atoms with Crippen molar-refractivity contribution in [3.8, 4) is 0 Å². The van der Waals surface area contributed by atoms with Crippen molar-refractivity contribution < 1.29 is 9.53 Å². The number of esters is 1. The molecule has 1 N–H and O–H groups in total. The van der Waals surface area contributed by atoms with E-state index in [-0.39, 0.29) is 12.1 Å². The fourth-order valence-corrected chi connectivity index (χ4v) is 1.80. The van der Waals surface area contributed by atoms with Gasteiger partial charge in [-0.3, -0.25) is 0 Å². The summed E-state index contributed by atoms with van der Waals surface area (Å²) in [6, 6.07) is 9.45. The Hall–Kier alpha value is -1.35. The van der Waals surface area contributed by atoms with Gasteiger partial charge in [-0.25, -0.2) is 4.79 Å². The Morgan fingerprint density at radius 2 is 1.94 bits per heavy atom. The molecule has 0 aliphatic rings. The lowest BCUT2D eigenvalue weighted by molar-refractivity contribution is 0.0307. The maximum Gasteiger partial charge on any atom is 0.338 e. The molecular weight excluding hydrogens is 214 g/mol. The largest absolute Gasteiger partial charge is 0.459 e. The van der Waals surface area contributed by atoms with Gasteiger partial charge in [-0.15, -0.1) is 0 Å². The second-order valence-corrected chi connectivity index (χ2v) is 4.28. The lowest BCUT2D eigenvalue weighted by Crippen LogP contribution is -2.30. The summed E-state index contributed by atoms with van der Waals surface area (Å²) in [6.07, 6.45) is 0.753. The maximum atomic E-state index is 11.8. The normalized spacial score (nSPS) is 14.1. The molecule has 3 heteroatoms. The predicted octanol–water partition coefficient (Wildman–Crippen LogP) is 2.62. The lowest BCUT2D eigenvalue weighted by atomic mass is 10.1. The van der Waals surface area contributed by atoms with Crippen LogP contribution in [0.15, 0.2) is 30.3 Å². The molecule has 0 bridgehead atoms. The molecule has 1 aromatic rings. The van der Waals surface area contributed by atoms with Crippen LogP contribution in [0.1, 0.15) is 37.6 Å². The SMILES string of the molecule is CCNC(C)CC(C)OC(=O)c1ccccc1. The molecule has 0 aliphatic carbocycles. The first kappa shape index (κ1) is 13.7. The Kier molecular flexibility index (Phi) is 5.70. The molecule has 3 nitrogen and oxygen atoms in total. The number of hydrogen-bond donors (Lipinski definition) is 1. The van der Waals surface area contributed by atoms with Crippen LogP contribution in [0, 0.1) is 0 Å².